The fourth-order valence-electron chi connectivity index (χ4n) is 4.49. The molecule has 0 spiro atoms. The van der Waals surface area contributed by atoms with E-state index in [-0.39, 0.29) is 30.3 Å². The molecule has 1 amide bonds. The predicted molar refractivity (Wildman–Crippen MR) is 114 cm³/mol. The maximum atomic E-state index is 12.7. The molecule has 1 aromatic carbocycles. The number of amides is 1. The molecule has 1 N–H and O–H groups in total. The molecule has 0 aliphatic carbocycles. The van der Waals surface area contributed by atoms with E-state index in [1.54, 1.807) is 4.57 Å². The molecule has 2 aliphatic heterocycles. The van der Waals surface area contributed by atoms with E-state index in [9.17, 15) is 9.59 Å². The Kier molecular flexibility index (Phi) is 6.34. The van der Waals surface area contributed by atoms with Crippen LogP contribution in [0, 0.1) is 0 Å². The summed E-state index contributed by atoms with van der Waals surface area (Å²) in [6.45, 7) is 7.26. The zero-order valence-corrected chi connectivity index (χ0v) is 17.8. The van der Waals surface area contributed by atoms with E-state index in [4.69, 9.17) is 4.74 Å². The number of hydrogen-bond donors (Lipinski definition) is 1. The van der Waals surface area contributed by atoms with Gasteiger partial charge < -0.3 is 10.1 Å². The number of carbonyl (C=O) groups excluding carboxylic acids is 1. The number of morpholine rings is 1. The number of rotatable bonds is 5. The molecule has 8 heteroatoms. The third-order valence-electron chi connectivity index (χ3n) is 5.76. The minimum Gasteiger partial charge on any atom is -0.373 e. The first-order valence-electron chi connectivity index (χ1n) is 10.9. The van der Waals surface area contributed by atoms with E-state index in [1.807, 2.05) is 24.3 Å². The third-order valence-corrected chi connectivity index (χ3v) is 5.76. The number of aromatic nitrogens is 3. The topological polar surface area (TPSA) is 81.4 Å². The van der Waals surface area contributed by atoms with Crippen LogP contribution in [-0.4, -0.2) is 50.5 Å². The minimum absolute atomic E-state index is 0.0706. The van der Waals surface area contributed by atoms with Gasteiger partial charge in [-0.15, -0.1) is 0 Å². The van der Waals surface area contributed by atoms with Gasteiger partial charge >= 0.3 is 5.69 Å². The summed E-state index contributed by atoms with van der Waals surface area (Å²) in [4.78, 5) is 27.7. The Labute approximate surface area is 176 Å². The molecule has 0 bridgehead atoms. The highest BCUT2D eigenvalue weighted by Gasteiger charge is 2.23. The highest BCUT2D eigenvalue weighted by atomic mass is 16.5. The number of anilines is 1. The summed E-state index contributed by atoms with van der Waals surface area (Å²) in [5.41, 5.74) is 1.65. The number of carbonyl (C=O) groups is 1. The predicted octanol–water partition coefficient (Wildman–Crippen LogP) is 2.02. The van der Waals surface area contributed by atoms with E-state index in [1.165, 1.54) is 4.68 Å². The Bertz CT molecular complexity index is 940. The molecule has 2 aromatic rings. The van der Waals surface area contributed by atoms with Crippen LogP contribution in [0.25, 0.3) is 0 Å². The summed E-state index contributed by atoms with van der Waals surface area (Å²) in [7, 11) is 0. The van der Waals surface area contributed by atoms with Gasteiger partial charge in [-0.05, 0) is 38.3 Å². The Hall–Kier alpha value is -2.45. The minimum atomic E-state index is -0.235. The van der Waals surface area contributed by atoms with Crippen LogP contribution in [-0.2, 0) is 35.6 Å². The van der Waals surface area contributed by atoms with Gasteiger partial charge in [-0.3, -0.25) is 14.3 Å². The largest absolute Gasteiger partial charge is 0.373 e. The highest BCUT2D eigenvalue weighted by Crippen LogP contribution is 2.20. The monoisotopic (exact) mass is 413 g/mol. The smallest absolute Gasteiger partial charge is 0.346 e. The molecule has 2 unspecified atom stereocenters. The van der Waals surface area contributed by atoms with Crippen molar-refractivity contribution in [3.8, 4) is 0 Å². The molecule has 2 aliphatic rings. The normalized spacial score (nSPS) is 22.3. The maximum absolute atomic E-state index is 12.7. The SMILES string of the molecule is CC1CN(Cc2ccccc2NC(=O)Cn2nc3n(c2=O)CCCCC3)CC(C)O1. The van der Waals surface area contributed by atoms with Gasteiger partial charge in [0.15, 0.2) is 0 Å². The number of para-hydroxylation sites is 1. The molecule has 0 radical (unpaired) electrons. The van der Waals surface area contributed by atoms with Crippen molar-refractivity contribution in [1.29, 1.82) is 0 Å². The van der Waals surface area contributed by atoms with Gasteiger partial charge in [-0.2, -0.15) is 5.10 Å². The molecular formula is C22H31N5O3. The second kappa shape index (κ2) is 9.14. The standard InChI is InChI=1S/C22H31N5O3/c1-16-12-25(13-17(2)30-16)14-18-8-5-6-9-19(18)23-21(28)15-27-22(29)26-11-7-3-4-10-20(26)24-27/h5-6,8-9,16-17H,3-4,7,10-15H2,1-2H3,(H,23,28). The van der Waals surface area contributed by atoms with Crippen molar-refractivity contribution in [3.63, 3.8) is 0 Å². The van der Waals surface area contributed by atoms with Crippen molar-refractivity contribution in [2.24, 2.45) is 0 Å². The fraction of sp³-hybridized carbons (Fsp3) is 0.591. The molecule has 1 fully saturated rings. The second-order valence-electron chi connectivity index (χ2n) is 8.48. The van der Waals surface area contributed by atoms with Crippen molar-refractivity contribution in [2.45, 2.75) is 71.4 Å². The first kappa shape index (κ1) is 20.8. The molecular weight excluding hydrogens is 382 g/mol. The van der Waals surface area contributed by atoms with Crippen molar-refractivity contribution < 1.29 is 9.53 Å². The summed E-state index contributed by atoms with van der Waals surface area (Å²) >= 11 is 0. The van der Waals surface area contributed by atoms with Crippen LogP contribution in [0.1, 0.15) is 44.5 Å². The van der Waals surface area contributed by atoms with Gasteiger partial charge in [0.2, 0.25) is 5.91 Å². The highest BCUT2D eigenvalue weighted by molar-refractivity contribution is 5.91. The number of ether oxygens (including phenoxy) is 1. The zero-order chi connectivity index (χ0) is 21.1. The summed E-state index contributed by atoms with van der Waals surface area (Å²) in [6, 6.07) is 7.83. The number of fused-ring (bicyclic) bond motifs is 1. The molecule has 0 saturated carbocycles. The number of benzene rings is 1. The molecule has 4 rings (SSSR count). The van der Waals surface area contributed by atoms with Crippen molar-refractivity contribution in [1.82, 2.24) is 19.2 Å². The fourth-order valence-corrected chi connectivity index (χ4v) is 4.49. The Morgan fingerprint density at radius 1 is 1.17 bits per heavy atom. The molecule has 8 nitrogen and oxygen atoms in total. The van der Waals surface area contributed by atoms with E-state index in [0.717, 1.165) is 62.4 Å². The quantitative estimate of drug-likeness (QED) is 0.811. The van der Waals surface area contributed by atoms with Gasteiger partial charge in [0, 0.05) is 38.3 Å². The van der Waals surface area contributed by atoms with Crippen molar-refractivity contribution in [2.75, 3.05) is 18.4 Å². The lowest BCUT2D eigenvalue weighted by Gasteiger charge is -2.35. The van der Waals surface area contributed by atoms with Crippen LogP contribution in [0.3, 0.4) is 0 Å². The summed E-state index contributed by atoms with van der Waals surface area (Å²) < 4.78 is 8.83. The zero-order valence-electron chi connectivity index (χ0n) is 17.8. The second-order valence-corrected chi connectivity index (χ2v) is 8.48. The number of hydrogen-bond acceptors (Lipinski definition) is 5. The summed E-state index contributed by atoms with van der Waals surface area (Å²) in [6.07, 6.45) is 4.31. The van der Waals surface area contributed by atoms with Crippen LogP contribution in [0.2, 0.25) is 0 Å². The first-order valence-corrected chi connectivity index (χ1v) is 10.9. The van der Waals surface area contributed by atoms with E-state index in [0.29, 0.717) is 6.54 Å². The number of aryl methyl sites for hydroxylation is 1. The molecule has 3 heterocycles. The van der Waals surface area contributed by atoms with E-state index >= 15 is 0 Å². The Morgan fingerprint density at radius 2 is 1.93 bits per heavy atom. The van der Waals surface area contributed by atoms with Crippen LogP contribution in [0.5, 0.6) is 0 Å². The van der Waals surface area contributed by atoms with Gasteiger partial charge in [0.1, 0.15) is 12.4 Å². The van der Waals surface area contributed by atoms with Gasteiger partial charge in [0.05, 0.1) is 12.2 Å². The van der Waals surface area contributed by atoms with Gasteiger partial charge in [0.25, 0.3) is 0 Å². The molecule has 30 heavy (non-hydrogen) atoms. The van der Waals surface area contributed by atoms with E-state index < -0.39 is 0 Å². The molecule has 2 atom stereocenters. The van der Waals surface area contributed by atoms with Crippen LogP contribution < -0.4 is 11.0 Å². The van der Waals surface area contributed by atoms with Crippen molar-refractivity contribution in [3.05, 3.63) is 46.1 Å². The van der Waals surface area contributed by atoms with Gasteiger partial charge in [-0.25, -0.2) is 9.48 Å². The lowest BCUT2D eigenvalue weighted by molar-refractivity contribution is -0.117. The van der Waals surface area contributed by atoms with Crippen LogP contribution in [0.4, 0.5) is 5.69 Å². The number of nitrogens with one attached hydrogen (secondary N) is 1. The maximum Gasteiger partial charge on any atom is 0.346 e. The Balaban J connectivity index is 1.44. The van der Waals surface area contributed by atoms with Crippen LogP contribution >= 0.6 is 0 Å². The summed E-state index contributed by atoms with van der Waals surface area (Å²) in [5, 5.41) is 7.39. The Morgan fingerprint density at radius 3 is 2.73 bits per heavy atom. The number of nitrogens with zero attached hydrogens (tertiary/aromatic N) is 4. The van der Waals surface area contributed by atoms with Crippen molar-refractivity contribution >= 4 is 11.6 Å². The summed E-state index contributed by atoms with van der Waals surface area (Å²) in [5.74, 6) is 0.558. The lowest BCUT2D eigenvalue weighted by Crippen LogP contribution is -2.44. The van der Waals surface area contributed by atoms with Crippen LogP contribution in [0.15, 0.2) is 29.1 Å². The van der Waals surface area contributed by atoms with E-state index in [2.05, 4.69) is 29.2 Å². The van der Waals surface area contributed by atoms with Gasteiger partial charge in [-0.1, -0.05) is 24.6 Å². The first-order chi connectivity index (χ1) is 14.5. The lowest BCUT2D eigenvalue weighted by atomic mass is 10.1. The molecule has 1 saturated heterocycles. The molecule has 162 valence electrons. The molecule has 1 aromatic heterocycles. The average molecular weight is 414 g/mol. The third kappa shape index (κ3) is 4.82. The average Bonchev–Trinajstić information content (AvgIpc) is 2.85.